The molecule has 23 heavy (non-hydrogen) atoms. The lowest BCUT2D eigenvalue weighted by atomic mass is 10.1. The second-order valence-electron chi connectivity index (χ2n) is 5.04. The summed E-state index contributed by atoms with van der Waals surface area (Å²) in [5.41, 5.74) is 0.855. The maximum Gasteiger partial charge on any atom is 0.335 e. The van der Waals surface area contributed by atoms with Crippen molar-refractivity contribution in [2.24, 2.45) is 7.05 Å². The fourth-order valence-electron chi connectivity index (χ4n) is 2.30. The van der Waals surface area contributed by atoms with Crippen molar-refractivity contribution < 1.29 is 0 Å². The molecule has 2 aromatic heterocycles. The van der Waals surface area contributed by atoms with Crippen molar-refractivity contribution in [1.29, 1.82) is 5.26 Å². The van der Waals surface area contributed by atoms with E-state index in [0.29, 0.717) is 17.1 Å². The smallest absolute Gasteiger partial charge is 0.301 e. The van der Waals surface area contributed by atoms with Gasteiger partial charge in [0.2, 0.25) is 0 Å². The van der Waals surface area contributed by atoms with Crippen LogP contribution in [0.1, 0.15) is 16.2 Å². The molecule has 2 heterocycles. The molecule has 6 nitrogen and oxygen atoms in total. The van der Waals surface area contributed by atoms with Crippen LogP contribution in [-0.4, -0.2) is 13.5 Å². The van der Waals surface area contributed by atoms with Gasteiger partial charge in [-0.25, -0.2) is 9.36 Å². The van der Waals surface area contributed by atoms with Crippen molar-refractivity contribution in [3.63, 3.8) is 0 Å². The van der Waals surface area contributed by atoms with E-state index in [4.69, 9.17) is 5.26 Å². The average Bonchev–Trinajstić information content (AvgIpc) is 2.95. The molecule has 0 saturated carbocycles. The van der Waals surface area contributed by atoms with Crippen LogP contribution in [0.15, 0.2) is 33.9 Å². The van der Waals surface area contributed by atoms with E-state index in [2.05, 4.69) is 26.4 Å². The lowest BCUT2D eigenvalue weighted by Gasteiger charge is -2.09. The molecule has 3 aromatic rings. The van der Waals surface area contributed by atoms with Gasteiger partial charge in [-0.1, -0.05) is 15.9 Å². The van der Waals surface area contributed by atoms with Crippen molar-refractivity contribution in [3.05, 3.63) is 56.5 Å². The molecule has 0 spiro atoms. The fraction of sp³-hybridized carbons (Fsp3) is 0.200. The lowest BCUT2D eigenvalue weighted by molar-refractivity contribution is 0.714. The molecule has 8 heteroatoms. The first kappa shape index (κ1) is 15.6. The Balaban J connectivity index is 2.31. The molecule has 0 N–H and O–H groups in total. The highest BCUT2D eigenvalue weighted by molar-refractivity contribution is 9.09. The number of benzene rings is 1. The number of aryl methyl sites for hydroxylation is 1. The van der Waals surface area contributed by atoms with Gasteiger partial charge in [-0.05, 0) is 36.7 Å². The molecule has 1 unspecified atom stereocenters. The number of aromatic nitrogens is 3. The summed E-state index contributed by atoms with van der Waals surface area (Å²) >= 11 is 4.54. The van der Waals surface area contributed by atoms with Gasteiger partial charge in [0, 0.05) is 24.2 Å². The van der Waals surface area contributed by atoms with Crippen LogP contribution in [0.5, 0.6) is 0 Å². The number of nitriles is 1. The molecule has 0 aliphatic carbocycles. The Morgan fingerprint density at radius 3 is 2.78 bits per heavy atom. The van der Waals surface area contributed by atoms with E-state index in [1.54, 1.807) is 32.2 Å². The number of rotatable bonds is 2. The molecule has 1 atom stereocenters. The zero-order valence-corrected chi connectivity index (χ0v) is 14.7. The zero-order chi connectivity index (χ0) is 16.7. The van der Waals surface area contributed by atoms with E-state index >= 15 is 0 Å². The highest BCUT2D eigenvalue weighted by atomic mass is 79.9. The average molecular weight is 391 g/mol. The van der Waals surface area contributed by atoms with Gasteiger partial charge in [-0.3, -0.25) is 4.79 Å². The summed E-state index contributed by atoms with van der Waals surface area (Å²) in [4.78, 5) is 24.1. The second kappa shape index (κ2) is 5.76. The summed E-state index contributed by atoms with van der Waals surface area (Å²) in [6.07, 6.45) is 0. The first-order valence-electron chi connectivity index (χ1n) is 6.67. The summed E-state index contributed by atoms with van der Waals surface area (Å²) in [6, 6.07) is 8.73. The molecule has 1 aromatic carbocycles. The van der Waals surface area contributed by atoms with Crippen molar-refractivity contribution in [2.45, 2.75) is 11.8 Å². The molecular weight excluding hydrogens is 380 g/mol. The van der Waals surface area contributed by atoms with Crippen LogP contribution >= 0.6 is 27.5 Å². The monoisotopic (exact) mass is 390 g/mol. The number of hydrogen-bond acceptors (Lipinski definition) is 5. The molecule has 0 radical (unpaired) electrons. The number of alkyl halides is 1. The van der Waals surface area contributed by atoms with E-state index < -0.39 is 10.5 Å². The summed E-state index contributed by atoms with van der Waals surface area (Å²) in [5.74, 6) is 0. The van der Waals surface area contributed by atoms with Gasteiger partial charge < -0.3 is 4.57 Å². The van der Waals surface area contributed by atoms with E-state index in [-0.39, 0.29) is 5.56 Å². The van der Waals surface area contributed by atoms with Crippen LogP contribution in [0.25, 0.3) is 15.8 Å². The van der Waals surface area contributed by atoms with E-state index in [0.717, 1.165) is 14.7 Å². The predicted octanol–water partition coefficient (Wildman–Crippen LogP) is 2.41. The van der Waals surface area contributed by atoms with Gasteiger partial charge in [0.15, 0.2) is 0 Å². The van der Waals surface area contributed by atoms with Gasteiger partial charge >= 0.3 is 5.69 Å². The molecule has 0 aliphatic heterocycles. The summed E-state index contributed by atoms with van der Waals surface area (Å²) in [6.45, 7) is 1.71. The maximum absolute atomic E-state index is 12.4. The quantitative estimate of drug-likeness (QED) is 0.629. The molecule has 3 rings (SSSR count). The highest BCUT2D eigenvalue weighted by Crippen LogP contribution is 2.32. The van der Waals surface area contributed by atoms with E-state index in [9.17, 15) is 9.59 Å². The van der Waals surface area contributed by atoms with Crippen LogP contribution in [0.3, 0.4) is 0 Å². The minimum atomic E-state index is -0.538. The topological polar surface area (TPSA) is 80.7 Å². The third kappa shape index (κ3) is 2.52. The SMILES string of the molecule is Cc1cc(=O)n(-c2ccc3snc(C(Br)C#N)c3c2)c(=O)n1C. The van der Waals surface area contributed by atoms with Crippen molar-refractivity contribution >= 4 is 37.5 Å². The Kier molecular flexibility index (Phi) is 3.92. The fourth-order valence-corrected chi connectivity index (χ4v) is 3.58. The number of halogens is 1. The summed E-state index contributed by atoms with van der Waals surface area (Å²) in [5, 5.41) is 9.82. The minimum Gasteiger partial charge on any atom is -0.301 e. The minimum absolute atomic E-state index is 0.384. The van der Waals surface area contributed by atoms with Crippen molar-refractivity contribution in [1.82, 2.24) is 13.5 Å². The lowest BCUT2D eigenvalue weighted by Crippen LogP contribution is -2.38. The van der Waals surface area contributed by atoms with Gasteiger partial charge in [-0.2, -0.15) is 9.64 Å². The maximum atomic E-state index is 12.4. The number of hydrogen-bond donors (Lipinski definition) is 0. The van der Waals surface area contributed by atoms with Crippen LogP contribution in [-0.2, 0) is 7.05 Å². The van der Waals surface area contributed by atoms with Crippen LogP contribution in [0, 0.1) is 18.3 Å². The first-order chi connectivity index (χ1) is 10.9. The van der Waals surface area contributed by atoms with E-state index in [1.807, 2.05) is 0 Å². The van der Waals surface area contributed by atoms with Gasteiger partial charge in [0.25, 0.3) is 5.56 Å². The highest BCUT2D eigenvalue weighted by Gasteiger charge is 2.16. The zero-order valence-electron chi connectivity index (χ0n) is 12.3. The molecule has 0 amide bonds. The van der Waals surface area contributed by atoms with Gasteiger partial charge in [0.1, 0.15) is 4.83 Å². The molecular formula is C15H11BrN4O2S. The first-order valence-corrected chi connectivity index (χ1v) is 8.36. The Morgan fingerprint density at radius 2 is 2.09 bits per heavy atom. The molecule has 0 bridgehead atoms. The summed E-state index contributed by atoms with van der Waals surface area (Å²) in [7, 11) is 1.62. The Labute approximate surface area is 143 Å². The molecule has 0 aliphatic rings. The van der Waals surface area contributed by atoms with Gasteiger partial charge in [-0.15, -0.1) is 0 Å². The van der Waals surface area contributed by atoms with Gasteiger partial charge in [0.05, 0.1) is 22.2 Å². The standard InChI is InChI=1S/C15H11BrN4O2S/c1-8-5-13(21)20(15(22)19(8)2)9-3-4-12-10(6-9)14(18-23-12)11(16)7-17/h3-6,11H,1-2H3. The van der Waals surface area contributed by atoms with Crippen LogP contribution < -0.4 is 11.2 Å². The second-order valence-corrected chi connectivity index (χ2v) is 6.76. The van der Waals surface area contributed by atoms with E-state index in [1.165, 1.54) is 22.2 Å². The molecule has 0 fully saturated rings. The third-order valence-corrected chi connectivity index (χ3v) is 5.13. The largest absolute Gasteiger partial charge is 0.335 e. The Bertz CT molecular complexity index is 1070. The van der Waals surface area contributed by atoms with Crippen molar-refractivity contribution in [2.75, 3.05) is 0 Å². The third-order valence-electron chi connectivity index (χ3n) is 3.65. The number of nitrogens with zero attached hydrogens (tertiary/aromatic N) is 4. The normalized spacial score (nSPS) is 12.3. The van der Waals surface area contributed by atoms with Crippen LogP contribution in [0.2, 0.25) is 0 Å². The predicted molar refractivity (Wildman–Crippen MR) is 92.5 cm³/mol. The Hall–Kier alpha value is -2.24. The summed E-state index contributed by atoms with van der Waals surface area (Å²) < 4.78 is 7.70. The molecule has 116 valence electrons. The Morgan fingerprint density at radius 1 is 1.35 bits per heavy atom. The molecule has 0 saturated heterocycles. The van der Waals surface area contributed by atoms with Crippen molar-refractivity contribution in [3.8, 4) is 11.8 Å². The number of fused-ring (bicyclic) bond motifs is 1. The van der Waals surface area contributed by atoms with Crippen LogP contribution in [0.4, 0.5) is 0 Å².